The van der Waals surface area contributed by atoms with Gasteiger partial charge in [-0.3, -0.25) is 4.79 Å². The Balaban J connectivity index is 1.64. The summed E-state index contributed by atoms with van der Waals surface area (Å²) in [6, 6.07) is 6.17. The summed E-state index contributed by atoms with van der Waals surface area (Å²) in [5, 5.41) is 4.14. The minimum Gasteiger partial charge on any atom is -0.356 e. The molecule has 3 rings (SSSR count). The number of carbonyl (C=O) groups is 1. The van der Waals surface area contributed by atoms with E-state index in [-0.39, 0.29) is 11.7 Å². The summed E-state index contributed by atoms with van der Waals surface area (Å²) < 4.78 is 18.7. The first kappa shape index (κ1) is 18.6. The van der Waals surface area contributed by atoms with E-state index in [9.17, 15) is 9.18 Å². The lowest BCUT2D eigenvalue weighted by Gasteiger charge is -2.27. The molecule has 26 heavy (non-hydrogen) atoms. The van der Waals surface area contributed by atoms with Crippen molar-refractivity contribution in [3.63, 3.8) is 0 Å². The zero-order chi connectivity index (χ0) is 18.5. The number of unbranched alkanes of at least 4 members (excludes halogenated alkanes) is 1. The average Bonchev–Trinajstić information content (AvgIpc) is 3.08. The summed E-state index contributed by atoms with van der Waals surface area (Å²) >= 11 is 0. The van der Waals surface area contributed by atoms with E-state index in [1.54, 1.807) is 12.1 Å². The Morgan fingerprint density at radius 3 is 2.81 bits per heavy atom. The molecule has 0 radical (unpaired) electrons. The Morgan fingerprint density at radius 1 is 1.31 bits per heavy atom. The number of rotatable bonds is 7. The fourth-order valence-corrected chi connectivity index (χ4v) is 3.24. The molecule has 1 aliphatic heterocycles. The molecule has 0 spiro atoms. The molecule has 2 aromatic rings. The molecule has 1 aliphatic rings. The molecule has 140 valence electrons. The molecule has 0 atom stereocenters. The minimum absolute atomic E-state index is 0.158. The van der Waals surface area contributed by atoms with Crippen LogP contribution in [0.3, 0.4) is 0 Å². The van der Waals surface area contributed by atoms with Gasteiger partial charge in [-0.2, -0.15) is 0 Å². The van der Waals surface area contributed by atoms with Crippen LogP contribution in [0, 0.1) is 5.82 Å². The van der Waals surface area contributed by atoms with Gasteiger partial charge in [-0.1, -0.05) is 18.5 Å². The number of benzene rings is 1. The van der Waals surface area contributed by atoms with Crippen molar-refractivity contribution >= 4 is 5.91 Å². The number of halogens is 1. The SMILES string of the molecule is CCCCN(C)CCC(=O)N1CCc2noc(-c3ccc(F)cc3)c2C1. The third kappa shape index (κ3) is 4.30. The number of nitrogens with zero attached hydrogens (tertiary/aromatic N) is 3. The summed E-state index contributed by atoms with van der Waals surface area (Å²) in [4.78, 5) is 16.7. The van der Waals surface area contributed by atoms with Gasteiger partial charge in [-0.05, 0) is 44.3 Å². The molecule has 0 saturated heterocycles. The fourth-order valence-electron chi connectivity index (χ4n) is 3.24. The van der Waals surface area contributed by atoms with Crippen molar-refractivity contribution in [1.29, 1.82) is 0 Å². The Kier molecular flexibility index (Phi) is 6.04. The van der Waals surface area contributed by atoms with Gasteiger partial charge in [0.2, 0.25) is 5.91 Å². The molecule has 2 heterocycles. The molecule has 0 bridgehead atoms. The molecule has 6 heteroatoms. The lowest BCUT2D eigenvalue weighted by atomic mass is 10.0. The first-order valence-corrected chi connectivity index (χ1v) is 9.28. The van der Waals surface area contributed by atoms with E-state index in [1.807, 2.05) is 4.90 Å². The second-order valence-corrected chi connectivity index (χ2v) is 6.92. The summed E-state index contributed by atoms with van der Waals surface area (Å²) in [6.45, 7) is 5.13. The highest BCUT2D eigenvalue weighted by molar-refractivity contribution is 5.77. The largest absolute Gasteiger partial charge is 0.356 e. The topological polar surface area (TPSA) is 49.6 Å². The quantitative estimate of drug-likeness (QED) is 0.759. The molecule has 0 fully saturated rings. The van der Waals surface area contributed by atoms with Gasteiger partial charge in [0.25, 0.3) is 0 Å². The maximum Gasteiger partial charge on any atom is 0.224 e. The zero-order valence-corrected chi connectivity index (χ0v) is 15.5. The van der Waals surface area contributed by atoms with Crippen molar-refractivity contribution in [3.8, 4) is 11.3 Å². The lowest BCUT2D eigenvalue weighted by molar-refractivity contribution is -0.132. The van der Waals surface area contributed by atoms with Gasteiger partial charge in [0, 0.05) is 37.1 Å². The molecular weight excluding hydrogens is 333 g/mol. The van der Waals surface area contributed by atoms with Crippen LogP contribution in [0.25, 0.3) is 11.3 Å². The van der Waals surface area contributed by atoms with E-state index in [1.165, 1.54) is 12.1 Å². The van der Waals surface area contributed by atoms with Gasteiger partial charge in [0.1, 0.15) is 5.82 Å². The van der Waals surface area contributed by atoms with Crippen LogP contribution in [0.4, 0.5) is 4.39 Å². The van der Waals surface area contributed by atoms with Crippen LogP contribution in [0.5, 0.6) is 0 Å². The normalized spacial score (nSPS) is 13.9. The van der Waals surface area contributed by atoms with Crippen molar-refractivity contribution in [2.24, 2.45) is 0 Å². The predicted octanol–water partition coefficient (Wildman–Crippen LogP) is 3.49. The van der Waals surface area contributed by atoms with Gasteiger partial charge in [-0.15, -0.1) is 0 Å². The third-order valence-corrected chi connectivity index (χ3v) is 4.90. The third-order valence-electron chi connectivity index (χ3n) is 4.90. The maximum absolute atomic E-state index is 13.2. The highest BCUT2D eigenvalue weighted by Gasteiger charge is 2.27. The smallest absolute Gasteiger partial charge is 0.224 e. The number of fused-ring (bicyclic) bond motifs is 1. The Hall–Kier alpha value is -2.21. The van der Waals surface area contributed by atoms with Crippen molar-refractivity contribution < 1.29 is 13.7 Å². The predicted molar refractivity (Wildman–Crippen MR) is 98.0 cm³/mol. The number of hydrogen-bond donors (Lipinski definition) is 0. The number of carbonyl (C=O) groups excluding carboxylic acids is 1. The van der Waals surface area contributed by atoms with Crippen LogP contribution in [-0.2, 0) is 17.8 Å². The average molecular weight is 359 g/mol. The monoisotopic (exact) mass is 359 g/mol. The Labute approximate surface area is 153 Å². The molecular formula is C20H26FN3O2. The molecule has 1 amide bonds. The van der Waals surface area contributed by atoms with E-state index in [0.717, 1.165) is 42.8 Å². The molecule has 1 aromatic carbocycles. The highest BCUT2D eigenvalue weighted by Crippen LogP contribution is 2.30. The van der Waals surface area contributed by atoms with Crippen LogP contribution >= 0.6 is 0 Å². The molecule has 0 N–H and O–H groups in total. The first-order chi connectivity index (χ1) is 12.6. The van der Waals surface area contributed by atoms with Crippen LogP contribution in [0.2, 0.25) is 0 Å². The van der Waals surface area contributed by atoms with Gasteiger partial charge >= 0.3 is 0 Å². The standard InChI is InChI=1S/C20H26FN3O2/c1-3-4-11-23(2)12-10-19(25)24-13-9-18-17(14-24)20(26-22-18)15-5-7-16(21)8-6-15/h5-8H,3-4,9-14H2,1-2H3. The number of amides is 1. The second-order valence-electron chi connectivity index (χ2n) is 6.92. The first-order valence-electron chi connectivity index (χ1n) is 9.28. The van der Waals surface area contributed by atoms with Crippen LogP contribution in [-0.4, -0.2) is 47.5 Å². The van der Waals surface area contributed by atoms with Gasteiger partial charge in [-0.25, -0.2) is 4.39 Å². The Morgan fingerprint density at radius 2 is 2.08 bits per heavy atom. The second kappa shape index (κ2) is 8.45. The van der Waals surface area contributed by atoms with Gasteiger partial charge < -0.3 is 14.3 Å². The summed E-state index contributed by atoms with van der Waals surface area (Å²) in [5.41, 5.74) is 2.62. The van der Waals surface area contributed by atoms with Crippen molar-refractivity contribution in [3.05, 3.63) is 41.3 Å². The van der Waals surface area contributed by atoms with Crippen LogP contribution in [0.15, 0.2) is 28.8 Å². The Bertz CT molecular complexity index is 742. The van der Waals surface area contributed by atoms with Gasteiger partial charge in [0.05, 0.1) is 12.2 Å². The molecule has 1 aromatic heterocycles. The van der Waals surface area contributed by atoms with Crippen molar-refractivity contribution in [2.45, 2.75) is 39.2 Å². The van der Waals surface area contributed by atoms with E-state index >= 15 is 0 Å². The van der Waals surface area contributed by atoms with E-state index in [4.69, 9.17) is 4.52 Å². The molecule has 0 saturated carbocycles. The maximum atomic E-state index is 13.2. The van der Waals surface area contributed by atoms with Crippen LogP contribution in [0.1, 0.15) is 37.4 Å². The summed E-state index contributed by atoms with van der Waals surface area (Å²) in [7, 11) is 2.06. The summed E-state index contributed by atoms with van der Waals surface area (Å²) in [5.74, 6) is 0.508. The number of hydrogen-bond acceptors (Lipinski definition) is 4. The molecule has 5 nitrogen and oxygen atoms in total. The van der Waals surface area contributed by atoms with E-state index in [0.29, 0.717) is 31.7 Å². The summed E-state index contributed by atoms with van der Waals surface area (Å²) in [6.07, 6.45) is 3.52. The van der Waals surface area contributed by atoms with Crippen LogP contribution < -0.4 is 0 Å². The molecule has 0 aliphatic carbocycles. The van der Waals surface area contributed by atoms with Crippen molar-refractivity contribution in [1.82, 2.24) is 15.0 Å². The van der Waals surface area contributed by atoms with Gasteiger partial charge in [0.15, 0.2) is 5.76 Å². The molecule has 0 unspecified atom stereocenters. The number of aromatic nitrogens is 1. The highest BCUT2D eigenvalue weighted by atomic mass is 19.1. The minimum atomic E-state index is -0.286. The zero-order valence-electron chi connectivity index (χ0n) is 15.5. The fraction of sp³-hybridized carbons (Fsp3) is 0.500. The van der Waals surface area contributed by atoms with E-state index < -0.39 is 0 Å². The van der Waals surface area contributed by atoms with Crippen molar-refractivity contribution in [2.75, 3.05) is 26.7 Å². The van der Waals surface area contributed by atoms with E-state index in [2.05, 4.69) is 24.0 Å². The lowest BCUT2D eigenvalue weighted by Crippen LogP contribution is -2.37.